The molecule has 2 rings (SSSR count). The van der Waals surface area contributed by atoms with Crippen LogP contribution in [0.5, 0.6) is 0 Å². The third-order valence-electron chi connectivity index (χ3n) is 3.76. The number of thioether (sulfide) groups is 1. The molecule has 1 amide bonds. The Balaban J connectivity index is 2.07. The number of nitrogens with zero attached hydrogens (tertiary/aromatic N) is 2. The Bertz CT molecular complexity index is 503. The number of likely N-dealkylation sites (tertiary alicyclic amines) is 1. The highest BCUT2D eigenvalue weighted by Crippen LogP contribution is 2.32. The number of carbonyl (C=O) groups excluding carboxylic acids is 1. The van der Waals surface area contributed by atoms with Crippen molar-refractivity contribution in [2.45, 2.75) is 37.1 Å². The fraction of sp³-hybridized carbons (Fsp3) is 0.692. The number of nitrogens with one attached hydrogen (secondary N) is 1. The van der Waals surface area contributed by atoms with Crippen LogP contribution in [0.1, 0.15) is 37.1 Å². The molecular formula is C13H18F3N3OS. The second kappa shape index (κ2) is 6.29. The molecule has 1 aliphatic heterocycles. The van der Waals surface area contributed by atoms with E-state index in [0.717, 1.165) is 18.9 Å². The second-order valence-electron chi connectivity index (χ2n) is 5.21. The first kappa shape index (κ1) is 16.2. The normalized spacial score (nSPS) is 21.4. The largest absolute Gasteiger partial charge is 0.435 e. The number of piperidine rings is 1. The van der Waals surface area contributed by atoms with Gasteiger partial charge in [-0.1, -0.05) is 0 Å². The summed E-state index contributed by atoms with van der Waals surface area (Å²) in [6.07, 6.45) is -1.02. The van der Waals surface area contributed by atoms with Crippen molar-refractivity contribution in [3.63, 3.8) is 0 Å². The fourth-order valence-electron chi connectivity index (χ4n) is 2.48. The van der Waals surface area contributed by atoms with E-state index in [1.807, 2.05) is 13.2 Å². The summed E-state index contributed by atoms with van der Waals surface area (Å²) in [5.74, 6) is -0.0666. The predicted octanol–water partition coefficient (Wildman–Crippen LogP) is 2.89. The number of halogens is 3. The highest BCUT2D eigenvalue weighted by atomic mass is 32.2. The van der Waals surface area contributed by atoms with Gasteiger partial charge in [0, 0.05) is 24.7 Å². The number of H-pyrrole nitrogens is 1. The van der Waals surface area contributed by atoms with E-state index in [2.05, 4.69) is 10.2 Å². The van der Waals surface area contributed by atoms with Gasteiger partial charge >= 0.3 is 6.18 Å². The quantitative estimate of drug-likeness (QED) is 0.931. The summed E-state index contributed by atoms with van der Waals surface area (Å²) in [6, 6.07) is 1.05. The smallest absolute Gasteiger partial charge is 0.341 e. The molecule has 4 nitrogen and oxygen atoms in total. The van der Waals surface area contributed by atoms with Crippen molar-refractivity contribution in [1.82, 2.24) is 15.1 Å². The van der Waals surface area contributed by atoms with Crippen LogP contribution in [0.4, 0.5) is 13.2 Å². The maximum atomic E-state index is 12.6. The molecule has 8 heteroatoms. The van der Waals surface area contributed by atoms with E-state index in [1.165, 1.54) is 11.8 Å². The molecule has 0 spiro atoms. The van der Waals surface area contributed by atoms with Crippen molar-refractivity contribution >= 4 is 17.7 Å². The molecule has 0 saturated carbocycles. The van der Waals surface area contributed by atoms with Gasteiger partial charge in [0.1, 0.15) is 0 Å². The Kier molecular flexibility index (Phi) is 4.85. The number of hydrogen-bond acceptors (Lipinski definition) is 3. The van der Waals surface area contributed by atoms with E-state index in [0.29, 0.717) is 18.8 Å². The van der Waals surface area contributed by atoms with Crippen LogP contribution in [-0.4, -0.2) is 45.6 Å². The topological polar surface area (TPSA) is 49.0 Å². The van der Waals surface area contributed by atoms with Crippen molar-refractivity contribution in [2.75, 3.05) is 19.3 Å². The van der Waals surface area contributed by atoms with Crippen LogP contribution in [0.2, 0.25) is 0 Å². The standard InChI is InChI=1S/C13H18F3N3OS/c1-8(21-2)12(20)19-5-3-4-9(7-19)10-6-11(18-17-10)13(14,15)16/h6,8-9H,3-5,7H2,1-2H3,(H,17,18)/t8-,9-/m0/s1. The Morgan fingerprint density at radius 1 is 1.57 bits per heavy atom. The van der Waals surface area contributed by atoms with Gasteiger partial charge in [-0.05, 0) is 32.1 Å². The molecule has 1 aromatic heterocycles. The molecule has 1 N–H and O–H groups in total. The number of aromatic nitrogens is 2. The van der Waals surface area contributed by atoms with Crippen molar-refractivity contribution in [2.24, 2.45) is 0 Å². The van der Waals surface area contributed by atoms with Gasteiger partial charge in [-0.3, -0.25) is 9.89 Å². The molecule has 1 saturated heterocycles. The Hall–Kier alpha value is -1.18. The molecule has 0 aromatic carbocycles. The van der Waals surface area contributed by atoms with Crippen molar-refractivity contribution in [3.8, 4) is 0 Å². The van der Waals surface area contributed by atoms with E-state index in [1.54, 1.807) is 4.90 Å². The lowest BCUT2D eigenvalue weighted by molar-refractivity contribution is -0.141. The molecule has 2 heterocycles. The van der Waals surface area contributed by atoms with Crippen LogP contribution in [0, 0.1) is 0 Å². The van der Waals surface area contributed by atoms with Crippen LogP contribution >= 0.6 is 11.8 Å². The number of alkyl halides is 3. The van der Waals surface area contributed by atoms with Gasteiger partial charge in [0.2, 0.25) is 5.91 Å². The van der Waals surface area contributed by atoms with E-state index in [4.69, 9.17) is 0 Å². The van der Waals surface area contributed by atoms with Crippen LogP contribution < -0.4 is 0 Å². The molecule has 2 atom stereocenters. The maximum Gasteiger partial charge on any atom is 0.435 e. The molecule has 21 heavy (non-hydrogen) atoms. The lowest BCUT2D eigenvalue weighted by Gasteiger charge is -2.33. The molecule has 0 radical (unpaired) electrons. The van der Waals surface area contributed by atoms with Gasteiger partial charge in [0.25, 0.3) is 0 Å². The first-order chi connectivity index (χ1) is 9.82. The zero-order valence-electron chi connectivity index (χ0n) is 11.9. The maximum absolute atomic E-state index is 12.6. The number of hydrogen-bond donors (Lipinski definition) is 1. The minimum absolute atomic E-state index is 0.0442. The molecule has 1 aromatic rings. The molecular weight excluding hydrogens is 303 g/mol. The minimum atomic E-state index is -4.44. The number of carbonyl (C=O) groups is 1. The zero-order chi connectivity index (χ0) is 15.6. The van der Waals surface area contributed by atoms with Gasteiger partial charge in [-0.25, -0.2) is 0 Å². The summed E-state index contributed by atoms with van der Waals surface area (Å²) in [5, 5.41) is 5.67. The van der Waals surface area contributed by atoms with Crippen LogP contribution in [0.15, 0.2) is 6.07 Å². The van der Waals surface area contributed by atoms with Gasteiger partial charge in [-0.2, -0.15) is 30.0 Å². The van der Waals surface area contributed by atoms with Crippen LogP contribution in [0.3, 0.4) is 0 Å². The molecule has 0 aliphatic carbocycles. The summed E-state index contributed by atoms with van der Waals surface area (Å²) in [4.78, 5) is 13.9. The SMILES string of the molecule is CS[C@@H](C)C(=O)N1CCC[C@H](c2cc(C(F)(F)F)n[nH]2)C1. The average molecular weight is 321 g/mol. The summed E-state index contributed by atoms with van der Waals surface area (Å²) >= 11 is 1.47. The summed E-state index contributed by atoms with van der Waals surface area (Å²) in [5.41, 5.74) is -0.449. The molecule has 1 fully saturated rings. The first-order valence-corrected chi connectivity index (χ1v) is 8.05. The zero-order valence-corrected chi connectivity index (χ0v) is 12.7. The molecule has 0 bridgehead atoms. The van der Waals surface area contributed by atoms with E-state index in [-0.39, 0.29) is 17.1 Å². The highest BCUT2D eigenvalue weighted by molar-refractivity contribution is 7.99. The number of rotatable bonds is 3. The van der Waals surface area contributed by atoms with Crippen LogP contribution in [0.25, 0.3) is 0 Å². The molecule has 0 unspecified atom stereocenters. The Morgan fingerprint density at radius 3 is 2.86 bits per heavy atom. The van der Waals surface area contributed by atoms with Crippen LogP contribution in [-0.2, 0) is 11.0 Å². The lowest BCUT2D eigenvalue weighted by Crippen LogP contribution is -2.42. The average Bonchev–Trinajstić information content (AvgIpc) is 2.95. The highest BCUT2D eigenvalue weighted by Gasteiger charge is 2.35. The third-order valence-corrected chi connectivity index (χ3v) is 4.67. The second-order valence-corrected chi connectivity index (χ2v) is 6.39. The molecule has 118 valence electrons. The van der Waals surface area contributed by atoms with E-state index in [9.17, 15) is 18.0 Å². The monoisotopic (exact) mass is 321 g/mol. The summed E-state index contributed by atoms with van der Waals surface area (Å²) in [7, 11) is 0. The predicted molar refractivity (Wildman–Crippen MR) is 75.1 cm³/mol. The van der Waals surface area contributed by atoms with Gasteiger partial charge in [0.05, 0.1) is 5.25 Å². The third kappa shape index (κ3) is 3.72. The fourth-order valence-corrected chi connectivity index (χ4v) is 2.83. The number of aromatic amines is 1. The first-order valence-electron chi connectivity index (χ1n) is 6.77. The summed E-state index contributed by atoms with van der Waals surface area (Å²) < 4.78 is 37.7. The van der Waals surface area contributed by atoms with Gasteiger partial charge < -0.3 is 4.90 Å². The van der Waals surface area contributed by atoms with Crippen molar-refractivity contribution < 1.29 is 18.0 Å². The molecule has 1 aliphatic rings. The van der Waals surface area contributed by atoms with E-state index < -0.39 is 11.9 Å². The van der Waals surface area contributed by atoms with Gasteiger partial charge in [0.15, 0.2) is 5.69 Å². The van der Waals surface area contributed by atoms with Crippen molar-refractivity contribution in [3.05, 3.63) is 17.5 Å². The number of amides is 1. The van der Waals surface area contributed by atoms with Gasteiger partial charge in [-0.15, -0.1) is 0 Å². The Labute approximate surface area is 125 Å². The van der Waals surface area contributed by atoms with E-state index >= 15 is 0 Å². The lowest BCUT2D eigenvalue weighted by atomic mass is 9.94. The Morgan fingerprint density at radius 2 is 2.29 bits per heavy atom. The van der Waals surface area contributed by atoms with Crippen molar-refractivity contribution in [1.29, 1.82) is 0 Å². The summed E-state index contributed by atoms with van der Waals surface area (Å²) in [6.45, 7) is 2.96. The minimum Gasteiger partial charge on any atom is -0.341 e.